The minimum absolute atomic E-state index is 0.631. The van der Waals surface area contributed by atoms with Crippen molar-refractivity contribution in [3.63, 3.8) is 0 Å². The maximum Gasteiger partial charge on any atom is 0.127 e. The molecule has 0 radical (unpaired) electrons. The van der Waals surface area contributed by atoms with Gasteiger partial charge in [-0.25, -0.2) is 0 Å². The van der Waals surface area contributed by atoms with Gasteiger partial charge in [0.1, 0.15) is 12.4 Å². The summed E-state index contributed by atoms with van der Waals surface area (Å²) in [4.78, 5) is 0. The summed E-state index contributed by atoms with van der Waals surface area (Å²) >= 11 is 0. The molecule has 0 bridgehead atoms. The summed E-state index contributed by atoms with van der Waals surface area (Å²) in [6.07, 6.45) is 14.8. The Kier molecular flexibility index (Phi) is 3.99. The molecule has 1 N–H and O–H groups in total. The van der Waals surface area contributed by atoms with Crippen molar-refractivity contribution in [1.82, 2.24) is 5.32 Å². The maximum absolute atomic E-state index is 6.15. The molecule has 0 saturated carbocycles. The predicted octanol–water partition coefficient (Wildman–Crippen LogP) is 4.29. The van der Waals surface area contributed by atoms with Gasteiger partial charge in [0.2, 0.25) is 0 Å². The van der Waals surface area contributed by atoms with Crippen molar-refractivity contribution < 1.29 is 4.74 Å². The first kappa shape index (κ1) is 14.3. The molecule has 1 aromatic rings. The van der Waals surface area contributed by atoms with E-state index >= 15 is 0 Å². The predicted molar refractivity (Wildman–Crippen MR) is 94.7 cm³/mol. The zero-order valence-electron chi connectivity index (χ0n) is 13.2. The average molecular weight is 303 g/mol. The summed E-state index contributed by atoms with van der Waals surface area (Å²) in [6, 6.07) is 8.66. The van der Waals surface area contributed by atoms with E-state index in [0.29, 0.717) is 6.61 Å². The SMILES string of the molecule is C1=CC2=C(/C=C\C=C/1)C(=C1CCNCC1)c1ccccc1CO2. The zero-order valence-corrected chi connectivity index (χ0v) is 13.2. The lowest BCUT2D eigenvalue weighted by Gasteiger charge is -2.22. The summed E-state index contributed by atoms with van der Waals surface area (Å²) in [5.41, 5.74) is 6.74. The normalized spacial score (nSPS) is 23.1. The molecule has 1 fully saturated rings. The van der Waals surface area contributed by atoms with Crippen molar-refractivity contribution in [3.05, 3.63) is 88.8 Å². The second kappa shape index (κ2) is 6.43. The van der Waals surface area contributed by atoms with Gasteiger partial charge in [-0.3, -0.25) is 0 Å². The Balaban J connectivity index is 1.95. The Bertz CT molecular complexity index is 754. The highest BCUT2D eigenvalue weighted by Gasteiger charge is 2.23. The van der Waals surface area contributed by atoms with Gasteiger partial charge in [-0.05, 0) is 48.7 Å². The number of hydrogen-bond acceptors (Lipinski definition) is 2. The number of allylic oxidation sites excluding steroid dienone is 8. The third kappa shape index (κ3) is 2.82. The molecule has 1 saturated heterocycles. The van der Waals surface area contributed by atoms with Crippen LogP contribution in [0.5, 0.6) is 0 Å². The minimum Gasteiger partial charge on any atom is -0.488 e. The van der Waals surface area contributed by atoms with Gasteiger partial charge in [0.25, 0.3) is 0 Å². The molecule has 2 heterocycles. The van der Waals surface area contributed by atoms with E-state index in [1.807, 2.05) is 6.08 Å². The molecular formula is C21H21NO. The van der Waals surface area contributed by atoms with E-state index in [-0.39, 0.29) is 0 Å². The third-order valence-corrected chi connectivity index (χ3v) is 4.61. The fourth-order valence-corrected chi connectivity index (χ4v) is 3.48. The quantitative estimate of drug-likeness (QED) is 0.772. The lowest BCUT2D eigenvalue weighted by atomic mass is 9.86. The van der Waals surface area contributed by atoms with Crippen LogP contribution in [0.1, 0.15) is 24.0 Å². The molecule has 3 aliphatic rings. The summed E-state index contributed by atoms with van der Waals surface area (Å²) in [5, 5.41) is 3.46. The van der Waals surface area contributed by atoms with Gasteiger partial charge in [-0.1, -0.05) is 60.2 Å². The van der Waals surface area contributed by atoms with E-state index in [1.165, 1.54) is 27.8 Å². The van der Waals surface area contributed by atoms with Crippen molar-refractivity contribution in [2.24, 2.45) is 0 Å². The summed E-state index contributed by atoms with van der Waals surface area (Å²) in [7, 11) is 0. The molecule has 1 aromatic carbocycles. The topological polar surface area (TPSA) is 21.3 Å². The number of rotatable bonds is 0. The van der Waals surface area contributed by atoms with Gasteiger partial charge >= 0.3 is 0 Å². The molecule has 1 aliphatic carbocycles. The van der Waals surface area contributed by atoms with Crippen LogP contribution in [0.4, 0.5) is 0 Å². The fraction of sp³-hybridized carbons (Fsp3) is 0.238. The summed E-state index contributed by atoms with van der Waals surface area (Å²) < 4.78 is 6.15. The average Bonchev–Trinajstić information content (AvgIpc) is 2.72. The van der Waals surface area contributed by atoms with Gasteiger partial charge < -0.3 is 10.1 Å². The molecular weight excluding hydrogens is 282 g/mol. The van der Waals surface area contributed by atoms with Gasteiger partial charge in [-0.15, -0.1) is 0 Å². The van der Waals surface area contributed by atoms with Crippen LogP contribution in [-0.2, 0) is 11.3 Å². The first-order valence-corrected chi connectivity index (χ1v) is 8.33. The number of piperidine rings is 1. The van der Waals surface area contributed by atoms with Crippen LogP contribution in [0.25, 0.3) is 5.57 Å². The highest BCUT2D eigenvalue weighted by atomic mass is 16.5. The van der Waals surface area contributed by atoms with E-state index in [2.05, 4.69) is 60.0 Å². The summed E-state index contributed by atoms with van der Waals surface area (Å²) in [5.74, 6) is 0.975. The Morgan fingerprint density at radius 1 is 0.870 bits per heavy atom. The maximum atomic E-state index is 6.15. The lowest BCUT2D eigenvalue weighted by molar-refractivity contribution is 0.211. The van der Waals surface area contributed by atoms with Crippen LogP contribution in [0.3, 0.4) is 0 Å². The second-order valence-electron chi connectivity index (χ2n) is 6.06. The van der Waals surface area contributed by atoms with E-state index < -0.39 is 0 Å². The number of nitrogens with one attached hydrogen (secondary N) is 1. The lowest BCUT2D eigenvalue weighted by Crippen LogP contribution is -2.24. The van der Waals surface area contributed by atoms with Gasteiger partial charge in [0.15, 0.2) is 0 Å². The monoisotopic (exact) mass is 303 g/mol. The Labute approximate surface area is 137 Å². The van der Waals surface area contributed by atoms with Crippen LogP contribution in [-0.4, -0.2) is 13.1 Å². The Hall–Kier alpha value is -2.32. The van der Waals surface area contributed by atoms with Crippen LogP contribution >= 0.6 is 0 Å². The molecule has 4 rings (SSSR count). The highest BCUT2D eigenvalue weighted by Crippen LogP contribution is 2.38. The third-order valence-electron chi connectivity index (χ3n) is 4.61. The Morgan fingerprint density at radius 3 is 2.52 bits per heavy atom. The van der Waals surface area contributed by atoms with Crippen LogP contribution in [0, 0.1) is 0 Å². The number of ether oxygens (including phenoxy) is 1. The van der Waals surface area contributed by atoms with Gasteiger partial charge in [0, 0.05) is 5.57 Å². The smallest absolute Gasteiger partial charge is 0.127 e. The van der Waals surface area contributed by atoms with Crippen molar-refractivity contribution in [2.45, 2.75) is 19.4 Å². The molecule has 23 heavy (non-hydrogen) atoms. The van der Waals surface area contributed by atoms with Crippen LogP contribution < -0.4 is 5.32 Å². The van der Waals surface area contributed by atoms with Crippen molar-refractivity contribution >= 4 is 5.57 Å². The first-order valence-electron chi connectivity index (χ1n) is 8.33. The fourth-order valence-electron chi connectivity index (χ4n) is 3.48. The first-order chi connectivity index (χ1) is 11.4. The minimum atomic E-state index is 0.631. The Morgan fingerprint density at radius 2 is 1.65 bits per heavy atom. The van der Waals surface area contributed by atoms with Crippen molar-refractivity contribution in [1.29, 1.82) is 0 Å². The number of hydrogen-bond donors (Lipinski definition) is 1. The number of benzene rings is 1. The molecule has 2 nitrogen and oxygen atoms in total. The molecule has 0 aromatic heterocycles. The second-order valence-corrected chi connectivity index (χ2v) is 6.06. The van der Waals surface area contributed by atoms with Gasteiger partial charge in [-0.2, -0.15) is 0 Å². The molecule has 0 atom stereocenters. The standard InChI is InChI=1S/C21H21NO/c1-2-4-10-20-19(9-3-1)21(16-11-13-22-14-12-16)18-8-6-5-7-17(18)15-23-20/h1-10,22H,11-15H2/b2-1-,3-1?,4-2?,9-3-,10-4?,19-9?,20-10?. The largest absolute Gasteiger partial charge is 0.488 e. The molecule has 116 valence electrons. The molecule has 0 unspecified atom stereocenters. The van der Waals surface area contributed by atoms with E-state index in [9.17, 15) is 0 Å². The zero-order chi connectivity index (χ0) is 15.5. The summed E-state index contributed by atoms with van der Waals surface area (Å²) in [6.45, 7) is 2.75. The molecule has 2 heteroatoms. The van der Waals surface area contributed by atoms with Crippen molar-refractivity contribution in [3.8, 4) is 0 Å². The van der Waals surface area contributed by atoms with E-state index in [1.54, 1.807) is 0 Å². The van der Waals surface area contributed by atoms with Crippen LogP contribution in [0.2, 0.25) is 0 Å². The van der Waals surface area contributed by atoms with E-state index in [0.717, 1.165) is 31.7 Å². The van der Waals surface area contributed by atoms with E-state index in [4.69, 9.17) is 4.74 Å². The molecule has 0 spiro atoms. The van der Waals surface area contributed by atoms with Crippen molar-refractivity contribution in [2.75, 3.05) is 13.1 Å². The van der Waals surface area contributed by atoms with Gasteiger partial charge in [0.05, 0.1) is 0 Å². The van der Waals surface area contributed by atoms with Crippen LogP contribution in [0.15, 0.2) is 77.6 Å². The molecule has 2 aliphatic heterocycles. The highest BCUT2D eigenvalue weighted by molar-refractivity contribution is 5.87. The molecule has 0 amide bonds. The number of fused-ring (bicyclic) bond motifs is 1.